The summed E-state index contributed by atoms with van der Waals surface area (Å²) in [5.74, 6) is 0.709. The van der Waals surface area contributed by atoms with Crippen LogP contribution in [0.5, 0.6) is 5.75 Å². The number of halogens is 1. The van der Waals surface area contributed by atoms with E-state index in [1.165, 1.54) is 16.6 Å². The number of rotatable bonds is 12. The lowest BCUT2D eigenvalue weighted by atomic mass is 10.2. The molecular formula is C28H35ClN8O4S. The van der Waals surface area contributed by atoms with Gasteiger partial charge in [0.05, 0.1) is 47.5 Å². The van der Waals surface area contributed by atoms with Crippen LogP contribution in [0.3, 0.4) is 0 Å². The Hall–Kier alpha value is -4.07. The summed E-state index contributed by atoms with van der Waals surface area (Å²) in [6.07, 6.45) is 3.19. The molecular weight excluding hydrogens is 580 g/mol. The number of nitrogens with zero attached hydrogens (tertiary/aromatic N) is 5. The molecule has 1 aromatic heterocycles. The van der Waals surface area contributed by atoms with E-state index in [0.29, 0.717) is 48.0 Å². The third kappa shape index (κ3) is 7.22. The van der Waals surface area contributed by atoms with Gasteiger partial charge < -0.3 is 30.5 Å². The highest BCUT2D eigenvalue weighted by Gasteiger charge is 2.30. The zero-order chi connectivity index (χ0) is 30.4. The normalized spacial score (nSPS) is 14.0. The molecule has 0 saturated carbocycles. The zero-order valence-corrected chi connectivity index (χ0v) is 25.6. The molecule has 0 radical (unpaired) electrons. The summed E-state index contributed by atoms with van der Waals surface area (Å²) < 4.78 is 32.2. The minimum Gasteiger partial charge on any atom is -0.494 e. The number of benzene rings is 2. The van der Waals surface area contributed by atoms with Gasteiger partial charge >= 0.3 is 0 Å². The summed E-state index contributed by atoms with van der Waals surface area (Å²) >= 11 is 6.44. The third-order valence-electron chi connectivity index (χ3n) is 6.57. The first-order chi connectivity index (χ1) is 20.0. The van der Waals surface area contributed by atoms with Crippen LogP contribution in [0.2, 0.25) is 5.02 Å². The average Bonchev–Trinajstić information content (AvgIpc) is 3.32. The summed E-state index contributed by atoms with van der Waals surface area (Å²) in [6, 6.07) is 10.6. The quantitative estimate of drug-likeness (QED) is 0.254. The molecule has 0 atom stereocenters. The number of nitrogens with one attached hydrogen (secondary N) is 3. The first-order valence-corrected chi connectivity index (χ1v) is 15.2. The Morgan fingerprint density at radius 3 is 2.57 bits per heavy atom. The van der Waals surface area contributed by atoms with Crippen LogP contribution in [0.4, 0.5) is 40.2 Å². The van der Waals surface area contributed by atoms with Crippen molar-refractivity contribution in [2.75, 3.05) is 78.8 Å². The first kappa shape index (κ1) is 30.9. The van der Waals surface area contributed by atoms with Gasteiger partial charge in [-0.05, 0) is 44.8 Å². The van der Waals surface area contributed by atoms with E-state index in [1.54, 1.807) is 37.4 Å². The van der Waals surface area contributed by atoms with Crippen LogP contribution in [0, 0.1) is 0 Å². The van der Waals surface area contributed by atoms with Gasteiger partial charge in [0.1, 0.15) is 10.8 Å². The van der Waals surface area contributed by atoms with Crippen LogP contribution in [-0.4, -0.2) is 82.8 Å². The lowest BCUT2D eigenvalue weighted by Gasteiger charge is -2.26. The van der Waals surface area contributed by atoms with E-state index in [4.69, 9.17) is 16.3 Å². The molecule has 1 amide bonds. The molecule has 2 heterocycles. The second-order valence-electron chi connectivity index (χ2n) is 9.89. The number of hydrogen-bond acceptors (Lipinski definition) is 10. The molecule has 0 unspecified atom stereocenters. The van der Waals surface area contributed by atoms with E-state index >= 15 is 0 Å². The standard InChI is InChI=1S/C28H35ClN8O4S/c1-6-26(38)31-21-16-22(25(41-5)17-24(21)36(4)14-13-35(2)3)33-28-30-18-19(29)27(34-28)32-20-10-7-8-11-23(20)37-12-9-15-42(37,39)40/h6-8,10-11,16-18H,1,9,12-15H2,2-5H3,(H,31,38)(H2,30,32,33,34). The van der Waals surface area contributed by atoms with Crippen molar-refractivity contribution in [1.29, 1.82) is 0 Å². The summed E-state index contributed by atoms with van der Waals surface area (Å²) in [6.45, 7) is 5.46. The molecule has 0 bridgehead atoms. The van der Waals surface area contributed by atoms with E-state index in [-0.39, 0.29) is 28.4 Å². The number of methoxy groups -OCH3 is 1. The molecule has 12 nitrogen and oxygen atoms in total. The van der Waals surface area contributed by atoms with Crippen molar-refractivity contribution < 1.29 is 17.9 Å². The molecule has 4 rings (SSSR count). The maximum Gasteiger partial charge on any atom is 0.247 e. The Morgan fingerprint density at radius 1 is 1.14 bits per heavy atom. The van der Waals surface area contributed by atoms with Crippen LogP contribution >= 0.6 is 11.6 Å². The Bertz CT molecular complexity index is 1570. The Balaban J connectivity index is 1.66. The van der Waals surface area contributed by atoms with Crippen molar-refractivity contribution >= 4 is 67.7 Å². The Morgan fingerprint density at radius 2 is 1.90 bits per heavy atom. The van der Waals surface area contributed by atoms with E-state index < -0.39 is 10.0 Å². The SMILES string of the molecule is C=CC(=O)Nc1cc(Nc2ncc(Cl)c(Nc3ccccc3N3CCCS3(=O)=O)n2)c(OC)cc1N(C)CCN(C)C. The molecule has 14 heteroatoms. The fourth-order valence-electron chi connectivity index (χ4n) is 4.38. The average molecular weight is 615 g/mol. The number of likely N-dealkylation sites (N-methyl/N-ethyl adjacent to an activating group) is 2. The number of carbonyl (C=O) groups is 1. The van der Waals surface area contributed by atoms with Crippen molar-refractivity contribution in [3.63, 3.8) is 0 Å². The summed E-state index contributed by atoms with van der Waals surface area (Å²) in [4.78, 5) is 25.2. The van der Waals surface area contributed by atoms with Crippen molar-refractivity contribution in [2.24, 2.45) is 0 Å². The van der Waals surface area contributed by atoms with Gasteiger partial charge in [-0.15, -0.1) is 0 Å². The second kappa shape index (κ2) is 13.3. The van der Waals surface area contributed by atoms with Crippen LogP contribution < -0.4 is 29.9 Å². The molecule has 42 heavy (non-hydrogen) atoms. The van der Waals surface area contributed by atoms with Crippen molar-refractivity contribution in [3.8, 4) is 5.75 Å². The summed E-state index contributed by atoms with van der Waals surface area (Å²) in [7, 11) is 4.06. The fourth-order valence-corrected chi connectivity index (χ4v) is 6.09. The number of ether oxygens (including phenoxy) is 1. The molecule has 0 aliphatic carbocycles. The number of carbonyl (C=O) groups excluding carboxylic acids is 1. The predicted molar refractivity (Wildman–Crippen MR) is 169 cm³/mol. The second-order valence-corrected chi connectivity index (χ2v) is 12.3. The van der Waals surface area contributed by atoms with Crippen molar-refractivity contribution in [2.45, 2.75) is 6.42 Å². The third-order valence-corrected chi connectivity index (χ3v) is 8.70. The Kier molecular flexibility index (Phi) is 9.76. The maximum atomic E-state index is 12.6. The lowest BCUT2D eigenvalue weighted by Crippen LogP contribution is -2.29. The van der Waals surface area contributed by atoms with Gasteiger partial charge in [-0.25, -0.2) is 13.4 Å². The van der Waals surface area contributed by atoms with Gasteiger partial charge in [-0.1, -0.05) is 30.3 Å². The maximum absolute atomic E-state index is 12.6. The first-order valence-electron chi connectivity index (χ1n) is 13.2. The predicted octanol–water partition coefficient (Wildman–Crippen LogP) is 4.29. The number of sulfonamides is 1. The molecule has 1 aliphatic rings. The largest absolute Gasteiger partial charge is 0.494 e. The van der Waals surface area contributed by atoms with Gasteiger partial charge in [0.2, 0.25) is 21.9 Å². The van der Waals surface area contributed by atoms with Gasteiger partial charge in [0.25, 0.3) is 0 Å². The van der Waals surface area contributed by atoms with Crippen LogP contribution in [0.1, 0.15) is 6.42 Å². The number of anilines is 7. The van der Waals surface area contributed by atoms with E-state index in [2.05, 4.69) is 37.4 Å². The van der Waals surface area contributed by atoms with Gasteiger partial charge in [-0.3, -0.25) is 9.10 Å². The lowest BCUT2D eigenvalue weighted by molar-refractivity contribution is -0.111. The smallest absolute Gasteiger partial charge is 0.247 e. The zero-order valence-electron chi connectivity index (χ0n) is 24.0. The number of para-hydroxylation sites is 2. The number of amides is 1. The Labute approximate surface area is 251 Å². The minimum atomic E-state index is -3.39. The minimum absolute atomic E-state index is 0.102. The molecule has 224 valence electrons. The molecule has 1 fully saturated rings. The molecule has 3 aromatic rings. The van der Waals surface area contributed by atoms with Gasteiger partial charge in [-0.2, -0.15) is 4.98 Å². The molecule has 1 aliphatic heterocycles. The van der Waals surface area contributed by atoms with Crippen molar-refractivity contribution in [1.82, 2.24) is 14.9 Å². The summed E-state index contributed by atoms with van der Waals surface area (Å²) in [5, 5.41) is 9.42. The highest BCUT2D eigenvalue weighted by molar-refractivity contribution is 7.93. The molecule has 0 spiro atoms. The molecule has 1 saturated heterocycles. The van der Waals surface area contributed by atoms with E-state index in [1.807, 2.05) is 32.1 Å². The van der Waals surface area contributed by atoms with Crippen molar-refractivity contribution in [3.05, 3.63) is 60.3 Å². The number of hydrogen-bond donors (Lipinski definition) is 3. The highest BCUT2D eigenvalue weighted by atomic mass is 35.5. The van der Waals surface area contributed by atoms with Gasteiger partial charge in [0, 0.05) is 32.7 Å². The summed E-state index contributed by atoms with van der Waals surface area (Å²) in [5.41, 5.74) is 2.84. The van der Waals surface area contributed by atoms with Crippen LogP contribution in [0.15, 0.2) is 55.3 Å². The highest BCUT2D eigenvalue weighted by Crippen LogP contribution is 2.39. The van der Waals surface area contributed by atoms with Crippen LogP contribution in [-0.2, 0) is 14.8 Å². The fraction of sp³-hybridized carbons (Fsp3) is 0.321. The van der Waals surface area contributed by atoms with Gasteiger partial charge in [0.15, 0.2) is 5.82 Å². The van der Waals surface area contributed by atoms with Crippen LogP contribution in [0.25, 0.3) is 0 Å². The number of aromatic nitrogens is 2. The topological polar surface area (TPSA) is 132 Å². The van der Waals surface area contributed by atoms with E-state index in [9.17, 15) is 13.2 Å². The van der Waals surface area contributed by atoms with E-state index in [0.717, 1.165) is 12.2 Å². The molecule has 2 aromatic carbocycles. The molecule has 3 N–H and O–H groups in total. The monoisotopic (exact) mass is 614 g/mol.